The summed E-state index contributed by atoms with van der Waals surface area (Å²) in [5.74, 6) is -1.43. The van der Waals surface area contributed by atoms with Crippen LogP contribution in [-0.2, 0) is 17.9 Å². The number of benzene rings is 3. The van der Waals surface area contributed by atoms with Crippen LogP contribution in [0.4, 0.5) is 10.1 Å². The molecule has 0 aliphatic heterocycles. The predicted molar refractivity (Wildman–Crippen MR) is 114 cm³/mol. The maximum atomic E-state index is 13.8. The van der Waals surface area contributed by atoms with Gasteiger partial charge >= 0.3 is 0 Å². The Morgan fingerprint density at radius 2 is 1.63 bits per heavy atom. The van der Waals surface area contributed by atoms with Crippen LogP contribution in [-0.4, -0.2) is 18.9 Å². The van der Waals surface area contributed by atoms with Gasteiger partial charge in [0, 0.05) is 24.9 Å². The molecular weight excluding hydrogens is 383 g/mol. The van der Waals surface area contributed by atoms with E-state index in [9.17, 15) is 14.0 Å². The largest absolute Gasteiger partial charge is 0.380 e. The molecule has 5 nitrogen and oxygen atoms in total. The molecule has 0 radical (unpaired) electrons. The zero-order valence-electron chi connectivity index (χ0n) is 16.9. The lowest BCUT2D eigenvalue weighted by Gasteiger charge is -2.12. The minimum Gasteiger partial charge on any atom is -0.380 e. The van der Waals surface area contributed by atoms with E-state index in [-0.39, 0.29) is 11.5 Å². The molecule has 0 aliphatic carbocycles. The molecule has 30 heavy (non-hydrogen) atoms. The summed E-state index contributed by atoms with van der Waals surface area (Å²) in [4.78, 5) is 24.9. The second-order valence-electron chi connectivity index (χ2n) is 6.90. The van der Waals surface area contributed by atoms with E-state index in [0.29, 0.717) is 24.4 Å². The Bertz CT molecular complexity index is 1050. The average Bonchev–Trinajstić information content (AvgIpc) is 2.75. The topological polar surface area (TPSA) is 67.4 Å². The summed E-state index contributed by atoms with van der Waals surface area (Å²) < 4.78 is 18.9. The molecule has 6 heteroatoms. The van der Waals surface area contributed by atoms with Gasteiger partial charge in [-0.2, -0.15) is 0 Å². The standard InChI is InChI=1S/C24H23FN2O3/c1-16-7-12-19(13-22(16)27-24(29)20-5-3-4-6-21(20)25)23(28)26-14-17-8-10-18(11-9-17)15-30-2/h3-13H,14-15H2,1-2H3,(H,26,28)(H,27,29). The molecule has 2 amide bonds. The summed E-state index contributed by atoms with van der Waals surface area (Å²) in [6.07, 6.45) is 0. The lowest BCUT2D eigenvalue weighted by molar-refractivity contribution is 0.0949. The van der Waals surface area contributed by atoms with Gasteiger partial charge in [0.05, 0.1) is 12.2 Å². The number of carbonyl (C=O) groups is 2. The fourth-order valence-electron chi connectivity index (χ4n) is 2.94. The van der Waals surface area contributed by atoms with Gasteiger partial charge in [0.2, 0.25) is 0 Å². The summed E-state index contributed by atoms with van der Waals surface area (Å²) in [6, 6.07) is 18.5. The Labute approximate surface area is 174 Å². The quantitative estimate of drug-likeness (QED) is 0.609. The maximum Gasteiger partial charge on any atom is 0.258 e. The smallest absolute Gasteiger partial charge is 0.258 e. The van der Waals surface area contributed by atoms with Gasteiger partial charge < -0.3 is 15.4 Å². The van der Waals surface area contributed by atoms with Crippen LogP contribution in [0.3, 0.4) is 0 Å². The van der Waals surface area contributed by atoms with Crippen LogP contribution in [0.5, 0.6) is 0 Å². The first-order valence-corrected chi connectivity index (χ1v) is 9.49. The highest BCUT2D eigenvalue weighted by molar-refractivity contribution is 6.05. The number of methoxy groups -OCH3 is 1. The third-order valence-electron chi connectivity index (χ3n) is 4.65. The molecule has 0 atom stereocenters. The number of nitrogens with one attached hydrogen (secondary N) is 2. The minimum atomic E-state index is -0.599. The van der Waals surface area contributed by atoms with Gasteiger partial charge in [-0.05, 0) is 47.9 Å². The Morgan fingerprint density at radius 3 is 2.33 bits per heavy atom. The van der Waals surface area contributed by atoms with E-state index in [1.54, 1.807) is 38.3 Å². The van der Waals surface area contributed by atoms with E-state index < -0.39 is 11.7 Å². The number of carbonyl (C=O) groups excluding carboxylic acids is 2. The van der Waals surface area contributed by atoms with E-state index in [1.165, 1.54) is 18.2 Å². The van der Waals surface area contributed by atoms with Crippen molar-refractivity contribution >= 4 is 17.5 Å². The molecule has 0 heterocycles. The van der Waals surface area contributed by atoms with E-state index in [2.05, 4.69) is 10.6 Å². The molecular formula is C24H23FN2O3. The lowest BCUT2D eigenvalue weighted by Crippen LogP contribution is -2.23. The van der Waals surface area contributed by atoms with Crippen LogP contribution in [0.2, 0.25) is 0 Å². The van der Waals surface area contributed by atoms with Crippen LogP contribution >= 0.6 is 0 Å². The van der Waals surface area contributed by atoms with Crippen LogP contribution in [0.25, 0.3) is 0 Å². The van der Waals surface area contributed by atoms with Crippen molar-refractivity contribution in [2.24, 2.45) is 0 Å². The third kappa shape index (κ3) is 5.30. The molecule has 0 unspecified atom stereocenters. The molecule has 3 rings (SSSR count). The van der Waals surface area contributed by atoms with E-state index >= 15 is 0 Å². The molecule has 3 aromatic carbocycles. The zero-order chi connectivity index (χ0) is 21.5. The van der Waals surface area contributed by atoms with Crippen molar-refractivity contribution in [3.63, 3.8) is 0 Å². The molecule has 0 aromatic heterocycles. The fourth-order valence-corrected chi connectivity index (χ4v) is 2.94. The van der Waals surface area contributed by atoms with E-state index in [4.69, 9.17) is 4.74 Å². The first kappa shape index (κ1) is 21.2. The summed E-state index contributed by atoms with van der Waals surface area (Å²) in [7, 11) is 1.64. The van der Waals surface area contributed by atoms with Gasteiger partial charge in [-0.3, -0.25) is 9.59 Å². The number of ether oxygens (including phenoxy) is 1. The van der Waals surface area contributed by atoms with Crippen molar-refractivity contribution < 1.29 is 18.7 Å². The normalized spacial score (nSPS) is 10.5. The van der Waals surface area contributed by atoms with Crippen molar-refractivity contribution in [1.29, 1.82) is 0 Å². The van der Waals surface area contributed by atoms with Crippen LogP contribution in [0, 0.1) is 12.7 Å². The number of rotatable bonds is 7. The van der Waals surface area contributed by atoms with E-state index in [0.717, 1.165) is 16.7 Å². The van der Waals surface area contributed by atoms with Crippen LogP contribution < -0.4 is 10.6 Å². The number of hydrogen-bond acceptors (Lipinski definition) is 3. The lowest BCUT2D eigenvalue weighted by atomic mass is 10.1. The fraction of sp³-hybridized carbons (Fsp3) is 0.167. The summed E-state index contributed by atoms with van der Waals surface area (Å²) in [5.41, 5.74) is 3.60. The third-order valence-corrected chi connectivity index (χ3v) is 4.65. The van der Waals surface area contributed by atoms with Crippen LogP contribution in [0.1, 0.15) is 37.4 Å². The van der Waals surface area contributed by atoms with Gasteiger partial charge in [-0.15, -0.1) is 0 Å². The number of amides is 2. The van der Waals surface area contributed by atoms with Gasteiger partial charge in [0.15, 0.2) is 0 Å². The second kappa shape index (κ2) is 9.80. The number of hydrogen-bond donors (Lipinski definition) is 2. The molecule has 0 spiro atoms. The van der Waals surface area contributed by atoms with Crippen molar-refractivity contribution in [3.05, 3.63) is 100 Å². The monoisotopic (exact) mass is 406 g/mol. The molecule has 0 fully saturated rings. The molecule has 154 valence electrons. The first-order valence-electron chi connectivity index (χ1n) is 9.49. The van der Waals surface area contributed by atoms with Gasteiger partial charge in [-0.25, -0.2) is 4.39 Å². The van der Waals surface area contributed by atoms with Crippen molar-refractivity contribution in [1.82, 2.24) is 5.32 Å². The van der Waals surface area contributed by atoms with Crippen molar-refractivity contribution in [2.75, 3.05) is 12.4 Å². The predicted octanol–water partition coefficient (Wildman–Crippen LogP) is 4.46. The molecule has 0 saturated carbocycles. The zero-order valence-corrected chi connectivity index (χ0v) is 16.9. The highest BCUT2D eigenvalue weighted by Gasteiger charge is 2.14. The average molecular weight is 406 g/mol. The number of anilines is 1. The van der Waals surface area contributed by atoms with E-state index in [1.807, 2.05) is 24.3 Å². The highest BCUT2D eigenvalue weighted by atomic mass is 19.1. The Kier molecular flexibility index (Phi) is 6.93. The molecule has 0 bridgehead atoms. The maximum absolute atomic E-state index is 13.8. The van der Waals surface area contributed by atoms with Crippen LogP contribution in [0.15, 0.2) is 66.7 Å². The highest BCUT2D eigenvalue weighted by Crippen LogP contribution is 2.19. The number of halogens is 1. The summed E-state index contributed by atoms with van der Waals surface area (Å²) in [6.45, 7) is 2.72. The summed E-state index contributed by atoms with van der Waals surface area (Å²) >= 11 is 0. The van der Waals surface area contributed by atoms with Gasteiger partial charge in [0.25, 0.3) is 11.8 Å². The second-order valence-corrected chi connectivity index (χ2v) is 6.90. The molecule has 2 N–H and O–H groups in total. The minimum absolute atomic E-state index is 0.0522. The Balaban J connectivity index is 1.67. The molecule has 0 aliphatic rings. The van der Waals surface area contributed by atoms with Gasteiger partial charge in [0.1, 0.15) is 5.82 Å². The number of aryl methyl sites for hydroxylation is 1. The Hall–Kier alpha value is -3.51. The molecule has 0 saturated heterocycles. The first-order chi connectivity index (χ1) is 14.5. The Morgan fingerprint density at radius 1 is 0.933 bits per heavy atom. The summed E-state index contributed by atoms with van der Waals surface area (Å²) in [5, 5.41) is 5.55. The molecule has 3 aromatic rings. The van der Waals surface area contributed by atoms with Crippen molar-refractivity contribution in [2.45, 2.75) is 20.1 Å². The SMILES string of the molecule is COCc1ccc(CNC(=O)c2ccc(C)c(NC(=O)c3ccccc3F)c2)cc1. The van der Waals surface area contributed by atoms with Crippen molar-refractivity contribution in [3.8, 4) is 0 Å². The van der Waals surface area contributed by atoms with Gasteiger partial charge in [-0.1, -0.05) is 42.5 Å².